The Hall–Kier alpha value is -2.47. The molecule has 1 amide bonds. The summed E-state index contributed by atoms with van der Waals surface area (Å²) in [6, 6.07) is 12.3. The summed E-state index contributed by atoms with van der Waals surface area (Å²) >= 11 is 1.55. The number of nitrogens with one attached hydrogen (secondary N) is 1. The lowest BCUT2D eigenvalue weighted by atomic mass is 10.1. The van der Waals surface area contributed by atoms with Crippen molar-refractivity contribution in [3.05, 3.63) is 58.9 Å². The largest absolute Gasteiger partial charge is 0.494 e. The number of para-hydroxylation sites is 1. The van der Waals surface area contributed by atoms with Gasteiger partial charge in [-0.1, -0.05) is 18.2 Å². The van der Waals surface area contributed by atoms with E-state index in [-0.39, 0.29) is 18.1 Å². The van der Waals surface area contributed by atoms with Gasteiger partial charge in [-0.15, -0.1) is 11.3 Å². The lowest BCUT2D eigenvalue weighted by molar-refractivity contribution is -0.120. The molecule has 4 nitrogen and oxygen atoms in total. The summed E-state index contributed by atoms with van der Waals surface area (Å²) in [7, 11) is 1.41. The molecule has 23 heavy (non-hydrogen) atoms. The molecule has 0 aliphatic heterocycles. The number of ether oxygens (including phenoxy) is 1. The highest BCUT2D eigenvalue weighted by atomic mass is 32.1. The van der Waals surface area contributed by atoms with E-state index in [9.17, 15) is 9.18 Å². The van der Waals surface area contributed by atoms with Crippen molar-refractivity contribution in [1.29, 1.82) is 0 Å². The highest BCUT2D eigenvalue weighted by Crippen LogP contribution is 2.21. The number of hydrogen-bond acceptors (Lipinski definition) is 4. The molecular formula is C17H15FN2O2S. The Kier molecular flexibility index (Phi) is 4.52. The zero-order chi connectivity index (χ0) is 16.2. The van der Waals surface area contributed by atoms with E-state index in [1.807, 2.05) is 24.3 Å². The lowest BCUT2D eigenvalue weighted by Crippen LogP contribution is -2.24. The van der Waals surface area contributed by atoms with Gasteiger partial charge >= 0.3 is 0 Å². The number of methoxy groups -OCH3 is 1. The average molecular weight is 330 g/mol. The Morgan fingerprint density at radius 1 is 1.30 bits per heavy atom. The van der Waals surface area contributed by atoms with Crippen molar-refractivity contribution in [3.63, 3.8) is 0 Å². The molecule has 3 aromatic rings. The van der Waals surface area contributed by atoms with Crippen molar-refractivity contribution in [2.75, 3.05) is 7.11 Å². The molecule has 0 atom stereocenters. The van der Waals surface area contributed by atoms with E-state index in [0.29, 0.717) is 12.1 Å². The maximum atomic E-state index is 13.6. The van der Waals surface area contributed by atoms with Crippen LogP contribution in [0.5, 0.6) is 5.75 Å². The highest BCUT2D eigenvalue weighted by Gasteiger charge is 2.09. The minimum absolute atomic E-state index is 0.117. The van der Waals surface area contributed by atoms with Crippen molar-refractivity contribution < 1.29 is 13.9 Å². The maximum absolute atomic E-state index is 13.6. The third-order valence-electron chi connectivity index (χ3n) is 3.36. The molecule has 1 N–H and O–H groups in total. The van der Waals surface area contributed by atoms with E-state index in [1.165, 1.54) is 19.2 Å². The number of hydrogen-bond donors (Lipinski definition) is 1. The van der Waals surface area contributed by atoms with E-state index in [2.05, 4.69) is 10.3 Å². The van der Waals surface area contributed by atoms with Crippen LogP contribution in [0.25, 0.3) is 10.2 Å². The van der Waals surface area contributed by atoms with E-state index in [1.54, 1.807) is 17.4 Å². The second-order valence-electron chi connectivity index (χ2n) is 5.00. The average Bonchev–Trinajstić information content (AvgIpc) is 2.96. The van der Waals surface area contributed by atoms with Crippen molar-refractivity contribution in [2.45, 2.75) is 13.0 Å². The molecule has 2 aromatic carbocycles. The maximum Gasteiger partial charge on any atom is 0.224 e. The van der Waals surface area contributed by atoms with Crippen molar-refractivity contribution >= 4 is 27.5 Å². The van der Waals surface area contributed by atoms with Gasteiger partial charge in [0.15, 0.2) is 11.6 Å². The first-order valence-electron chi connectivity index (χ1n) is 7.09. The third kappa shape index (κ3) is 3.65. The quantitative estimate of drug-likeness (QED) is 0.781. The number of fused-ring (bicyclic) bond motifs is 1. The number of carbonyl (C=O) groups is 1. The number of carbonyl (C=O) groups excluding carboxylic acids is 1. The Morgan fingerprint density at radius 2 is 2.13 bits per heavy atom. The molecule has 0 spiro atoms. The van der Waals surface area contributed by atoms with E-state index in [4.69, 9.17) is 4.74 Å². The van der Waals surface area contributed by atoms with Gasteiger partial charge in [0.1, 0.15) is 5.01 Å². The topological polar surface area (TPSA) is 51.2 Å². The number of amides is 1. The first-order chi connectivity index (χ1) is 11.2. The van der Waals surface area contributed by atoms with Gasteiger partial charge in [0, 0.05) is 0 Å². The molecule has 118 valence electrons. The van der Waals surface area contributed by atoms with Crippen molar-refractivity contribution in [1.82, 2.24) is 10.3 Å². The molecular weight excluding hydrogens is 315 g/mol. The van der Waals surface area contributed by atoms with Crippen molar-refractivity contribution in [3.8, 4) is 5.75 Å². The van der Waals surface area contributed by atoms with Gasteiger partial charge in [-0.2, -0.15) is 0 Å². The Bertz CT molecular complexity index is 814. The Labute approximate surface area is 136 Å². The molecule has 0 fully saturated rings. The van der Waals surface area contributed by atoms with Gasteiger partial charge < -0.3 is 10.1 Å². The minimum Gasteiger partial charge on any atom is -0.494 e. The number of benzene rings is 2. The normalized spacial score (nSPS) is 10.7. The number of nitrogens with zero attached hydrogens (tertiary/aromatic N) is 1. The molecule has 6 heteroatoms. The van der Waals surface area contributed by atoms with Gasteiger partial charge in [-0.3, -0.25) is 4.79 Å². The molecule has 1 heterocycles. The molecule has 0 saturated carbocycles. The molecule has 0 saturated heterocycles. The van der Waals surface area contributed by atoms with Crippen LogP contribution in [-0.2, 0) is 17.8 Å². The summed E-state index contributed by atoms with van der Waals surface area (Å²) in [4.78, 5) is 16.4. The summed E-state index contributed by atoms with van der Waals surface area (Å²) in [6.45, 7) is 0.372. The fourth-order valence-corrected chi connectivity index (χ4v) is 3.14. The molecule has 0 bridgehead atoms. The van der Waals surface area contributed by atoms with Crippen LogP contribution in [0.4, 0.5) is 4.39 Å². The Balaban J connectivity index is 1.60. The summed E-state index contributed by atoms with van der Waals surface area (Å²) in [5.74, 6) is -0.471. The summed E-state index contributed by atoms with van der Waals surface area (Å²) < 4.78 is 19.6. The van der Waals surface area contributed by atoms with Crippen LogP contribution in [-0.4, -0.2) is 18.0 Å². The van der Waals surface area contributed by atoms with E-state index >= 15 is 0 Å². The number of rotatable bonds is 5. The van der Waals surface area contributed by atoms with Crippen LogP contribution < -0.4 is 10.1 Å². The summed E-state index contributed by atoms with van der Waals surface area (Å²) in [6.07, 6.45) is 0.117. The zero-order valence-electron chi connectivity index (χ0n) is 12.5. The fraction of sp³-hybridized carbons (Fsp3) is 0.176. The van der Waals surface area contributed by atoms with Crippen LogP contribution in [0.1, 0.15) is 10.6 Å². The fourth-order valence-electron chi connectivity index (χ4n) is 2.24. The first kappa shape index (κ1) is 15.4. The Morgan fingerprint density at radius 3 is 2.87 bits per heavy atom. The lowest BCUT2D eigenvalue weighted by Gasteiger charge is -2.06. The SMILES string of the molecule is COc1ccc(CC(=O)NCc2nc3ccccc3s2)cc1F. The number of aromatic nitrogens is 1. The van der Waals surface area contributed by atoms with Crippen LogP contribution in [0.3, 0.4) is 0 Å². The molecule has 1 aromatic heterocycles. The molecule has 0 aliphatic carbocycles. The molecule has 0 aliphatic rings. The van der Waals surface area contributed by atoms with Crippen LogP contribution in [0.15, 0.2) is 42.5 Å². The minimum atomic E-state index is -0.469. The zero-order valence-corrected chi connectivity index (χ0v) is 13.3. The molecule has 0 unspecified atom stereocenters. The van der Waals surface area contributed by atoms with Crippen LogP contribution >= 0.6 is 11.3 Å². The predicted octanol–water partition coefficient (Wildman–Crippen LogP) is 3.30. The summed E-state index contributed by atoms with van der Waals surface area (Å²) in [5.41, 5.74) is 1.53. The second kappa shape index (κ2) is 6.75. The molecule has 0 radical (unpaired) electrons. The van der Waals surface area contributed by atoms with Gasteiger partial charge in [0.05, 0.1) is 30.3 Å². The van der Waals surface area contributed by atoms with Gasteiger partial charge in [-0.05, 0) is 29.8 Å². The number of thiazole rings is 1. The smallest absolute Gasteiger partial charge is 0.224 e. The van der Waals surface area contributed by atoms with Gasteiger partial charge in [0.25, 0.3) is 0 Å². The summed E-state index contributed by atoms with van der Waals surface area (Å²) in [5, 5.41) is 3.66. The number of halogens is 1. The van der Waals surface area contributed by atoms with Gasteiger partial charge in [-0.25, -0.2) is 9.37 Å². The van der Waals surface area contributed by atoms with Crippen LogP contribution in [0.2, 0.25) is 0 Å². The molecule has 3 rings (SSSR count). The predicted molar refractivity (Wildman–Crippen MR) is 88.1 cm³/mol. The standard InChI is InChI=1S/C17H15FN2O2S/c1-22-14-7-6-11(8-12(14)18)9-16(21)19-10-17-20-13-4-2-3-5-15(13)23-17/h2-8H,9-10H2,1H3,(H,19,21). The van der Waals surface area contributed by atoms with E-state index in [0.717, 1.165) is 15.2 Å². The van der Waals surface area contributed by atoms with E-state index < -0.39 is 5.82 Å². The van der Waals surface area contributed by atoms with Crippen molar-refractivity contribution in [2.24, 2.45) is 0 Å². The second-order valence-corrected chi connectivity index (χ2v) is 6.11. The first-order valence-corrected chi connectivity index (χ1v) is 7.91. The van der Waals surface area contributed by atoms with Crippen LogP contribution in [0, 0.1) is 5.82 Å². The third-order valence-corrected chi connectivity index (χ3v) is 4.39. The van der Waals surface area contributed by atoms with Gasteiger partial charge in [0.2, 0.25) is 5.91 Å². The highest BCUT2D eigenvalue weighted by molar-refractivity contribution is 7.18. The monoisotopic (exact) mass is 330 g/mol.